The molecule has 0 radical (unpaired) electrons. The second kappa shape index (κ2) is 7.99. The van der Waals surface area contributed by atoms with Crippen LogP contribution in [0.15, 0.2) is 42.0 Å². The van der Waals surface area contributed by atoms with Gasteiger partial charge in [-0.15, -0.1) is 0 Å². The summed E-state index contributed by atoms with van der Waals surface area (Å²) in [5, 5.41) is 2.59. The Hall–Kier alpha value is -3.06. The molecule has 154 valence electrons. The van der Waals surface area contributed by atoms with E-state index in [-0.39, 0.29) is 16.5 Å². The van der Waals surface area contributed by atoms with E-state index >= 15 is 0 Å². The average molecular weight is 424 g/mol. The fourth-order valence-corrected chi connectivity index (χ4v) is 4.06. The van der Waals surface area contributed by atoms with Gasteiger partial charge in [-0.1, -0.05) is 17.7 Å². The van der Waals surface area contributed by atoms with Gasteiger partial charge in [0.1, 0.15) is 11.4 Å². The molecular formula is C23H22FN3O2S. The lowest BCUT2D eigenvalue weighted by Gasteiger charge is -2.29. The van der Waals surface area contributed by atoms with Crippen molar-refractivity contribution >= 4 is 46.6 Å². The van der Waals surface area contributed by atoms with E-state index in [2.05, 4.69) is 5.32 Å². The smallest absolute Gasteiger partial charge is 0.270 e. The highest BCUT2D eigenvalue weighted by atomic mass is 32.1. The number of benzene rings is 2. The van der Waals surface area contributed by atoms with Gasteiger partial charge in [-0.05, 0) is 80.4 Å². The number of amides is 2. The van der Waals surface area contributed by atoms with Gasteiger partial charge >= 0.3 is 0 Å². The molecule has 4 rings (SSSR count). The van der Waals surface area contributed by atoms with Crippen molar-refractivity contribution in [1.82, 2.24) is 5.32 Å². The van der Waals surface area contributed by atoms with Crippen molar-refractivity contribution in [3.63, 3.8) is 0 Å². The maximum atomic E-state index is 14.8. The van der Waals surface area contributed by atoms with Crippen LogP contribution in [0.4, 0.5) is 15.8 Å². The quantitative estimate of drug-likeness (QED) is 0.463. The molecule has 0 atom stereocenters. The Bertz CT molecular complexity index is 1070. The van der Waals surface area contributed by atoms with Gasteiger partial charge in [-0.3, -0.25) is 19.8 Å². The number of hydrogen-bond acceptors (Lipinski definition) is 4. The third-order valence-electron chi connectivity index (χ3n) is 5.48. The summed E-state index contributed by atoms with van der Waals surface area (Å²) in [6, 6.07) is 10.4. The van der Waals surface area contributed by atoms with Crippen LogP contribution in [0.2, 0.25) is 0 Å². The number of nitrogens with one attached hydrogen (secondary N) is 1. The monoisotopic (exact) mass is 423 g/mol. The number of halogens is 1. The molecule has 2 fully saturated rings. The average Bonchev–Trinajstić information content (AvgIpc) is 3.23. The Morgan fingerprint density at radius 2 is 1.73 bits per heavy atom. The van der Waals surface area contributed by atoms with E-state index in [1.54, 1.807) is 18.2 Å². The first-order valence-electron chi connectivity index (χ1n) is 9.88. The minimum absolute atomic E-state index is 0.0262. The number of aryl methyl sites for hydroxylation is 2. The lowest BCUT2D eigenvalue weighted by Crippen LogP contribution is -2.54. The molecule has 0 unspecified atom stereocenters. The van der Waals surface area contributed by atoms with Crippen LogP contribution in [-0.4, -0.2) is 30.0 Å². The van der Waals surface area contributed by atoms with E-state index in [1.807, 2.05) is 30.9 Å². The fourth-order valence-electron chi connectivity index (χ4n) is 3.78. The third-order valence-corrected chi connectivity index (χ3v) is 5.76. The second-order valence-corrected chi connectivity index (χ2v) is 8.03. The van der Waals surface area contributed by atoms with Crippen molar-refractivity contribution in [2.45, 2.75) is 26.7 Å². The molecule has 0 aromatic heterocycles. The summed E-state index contributed by atoms with van der Waals surface area (Å²) in [6.45, 7) is 5.45. The van der Waals surface area contributed by atoms with Crippen LogP contribution in [0.1, 0.15) is 29.5 Å². The zero-order valence-corrected chi connectivity index (χ0v) is 17.7. The number of hydrogen-bond donors (Lipinski definition) is 1. The first-order chi connectivity index (χ1) is 14.3. The molecule has 1 N–H and O–H groups in total. The number of nitrogens with zero attached hydrogens (tertiary/aromatic N) is 2. The first-order valence-corrected chi connectivity index (χ1v) is 10.3. The molecule has 2 amide bonds. The van der Waals surface area contributed by atoms with Gasteiger partial charge in [0, 0.05) is 13.1 Å². The largest absolute Gasteiger partial charge is 0.369 e. The summed E-state index contributed by atoms with van der Waals surface area (Å²) < 4.78 is 14.8. The Morgan fingerprint density at radius 3 is 2.40 bits per heavy atom. The topological polar surface area (TPSA) is 52.7 Å². The van der Waals surface area contributed by atoms with Crippen LogP contribution in [0.5, 0.6) is 0 Å². The van der Waals surface area contributed by atoms with Crippen molar-refractivity contribution in [1.29, 1.82) is 0 Å². The van der Waals surface area contributed by atoms with Gasteiger partial charge in [-0.25, -0.2) is 4.39 Å². The van der Waals surface area contributed by atoms with Crippen LogP contribution in [0.25, 0.3) is 6.08 Å². The van der Waals surface area contributed by atoms with E-state index in [0.29, 0.717) is 16.9 Å². The summed E-state index contributed by atoms with van der Waals surface area (Å²) >= 11 is 5.22. The van der Waals surface area contributed by atoms with Gasteiger partial charge in [0.2, 0.25) is 0 Å². The summed E-state index contributed by atoms with van der Waals surface area (Å²) in [4.78, 5) is 28.9. The van der Waals surface area contributed by atoms with Gasteiger partial charge in [0.15, 0.2) is 5.11 Å². The Kier molecular flexibility index (Phi) is 5.39. The second-order valence-electron chi connectivity index (χ2n) is 7.65. The highest BCUT2D eigenvalue weighted by Gasteiger charge is 2.34. The Labute approximate surface area is 180 Å². The summed E-state index contributed by atoms with van der Waals surface area (Å²) in [6.07, 6.45) is 3.54. The number of thiocarbonyl (C=S) groups is 1. The normalized spacial score (nSPS) is 18.4. The van der Waals surface area contributed by atoms with E-state index < -0.39 is 11.8 Å². The molecule has 0 aliphatic carbocycles. The molecule has 2 saturated heterocycles. The van der Waals surface area contributed by atoms with Crippen molar-refractivity contribution < 1.29 is 14.0 Å². The Morgan fingerprint density at radius 1 is 1.07 bits per heavy atom. The minimum Gasteiger partial charge on any atom is -0.369 e. The highest BCUT2D eigenvalue weighted by Crippen LogP contribution is 2.29. The summed E-state index contributed by atoms with van der Waals surface area (Å²) in [7, 11) is 0. The van der Waals surface area contributed by atoms with Crippen molar-refractivity contribution in [3.8, 4) is 0 Å². The zero-order valence-electron chi connectivity index (χ0n) is 16.9. The van der Waals surface area contributed by atoms with E-state index in [1.165, 1.54) is 17.0 Å². The molecule has 0 saturated carbocycles. The van der Waals surface area contributed by atoms with Crippen LogP contribution >= 0.6 is 12.2 Å². The first kappa shape index (κ1) is 20.2. The molecule has 2 aromatic carbocycles. The van der Waals surface area contributed by atoms with Crippen molar-refractivity contribution in [2.75, 3.05) is 22.9 Å². The molecule has 2 aromatic rings. The number of carbonyl (C=O) groups excluding carboxylic acids is 2. The minimum atomic E-state index is -0.586. The molecule has 5 nitrogen and oxygen atoms in total. The van der Waals surface area contributed by atoms with Crippen LogP contribution in [0, 0.1) is 19.7 Å². The van der Waals surface area contributed by atoms with Gasteiger partial charge < -0.3 is 4.90 Å². The standard InChI is InChI=1S/C23H22FN3O2S/c1-14-5-7-17(8-6-14)27-22(29)18(21(28)25-23(27)30)12-16-13-19(24)20(11-15(16)2)26-9-3-4-10-26/h5-8,11-13H,3-4,9-10H2,1-2H3,(H,25,28,30)/b18-12+. The van der Waals surface area contributed by atoms with Crippen molar-refractivity contribution in [2.24, 2.45) is 0 Å². The predicted molar refractivity (Wildman–Crippen MR) is 120 cm³/mol. The van der Waals surface area contributed by atoms with Crippen molar-refractivity contribution in [3.05, 3.63) is 64.5 Å². The molecule has 30 heavy (non-hydrogen) atoms. The number of carbonyl (C=O) groups is 2. The number of rotatable bonds is 3. The predicted octanol–water partition coefficient (Wildman–Crippen LogP) is 3.87. The molecule has 7 heteroatoms. The van der Waals surface area contributed by atoms with E-state index in [0.717, 1.165) is 37.1 Å². The van der Waals surface area contributed by atoms with Gasteiger partial charge in [0.25, 0.3) is 11.8 Å². The van der Waals surface area contributed by atoms with E-state index in [9.17, 15) is 14.0 Å². The van der Waals surface area contributed by atoms with Gasteiger partial charge in [0.05, 0.1) is 11.4 Å². The lowest BCUT2D eigenvalue weighted by atomic mass is 10.0. The van der Waals surface area contributed by atoms with Crippen LogP contribution in [-0.2, 0) is 9.59 Å². The lowest BCUT2D eigenvalue weighted by molar-refractivity contribution is -0.122. The fraction of sp³-hybridized carbons (Fsp3) is 0.261. The molecule has 2 aliphatic heterocycles. The van der Waals surface area contributed by atoms with Crippen LogP contribution < -0.4 is 15.1 Å². The van der Waals surface area contributed by atoms with Crippen LogP contribution in [0.3, 0.4) is 0 Å². The molecule has 2 heterocycles. The zero-order chi connectivity index (χ0) is 21.4. The molecular weight excluding hydrogens is 401 g/mol. The summed E-state index contributed by atoms with van der Waals surface area (Å²) in [5.74, 6) is -1.48. The van der Waals surface area contributed by atoms with Gasteiger partial charge in [-0.2, -0.15) is 0 Å². The summed E-state index contributed by atoms with van der Waals surface area (Å²) in [5.41, 5.74) is 3.37. The number of anilines is 2. The molecule has 0 bridgehead atoms. The SMILES string of the molecule is Cc1ccc(N2C(=O)/C(=C/c3cc(F)c(N4CCCC4)cc3C)C(=O)NC2=S)cc1. The van der Waals surface area contributed by atoms with E-state index in [4.69, 9.17) is 12.2 Å². The maximum Gasteiger partial charge on any atom is 0.270 e. The third kappa shape index (κ3) is 3.73. The molecule has 2 aliphatic rings. The highest BCUT2D eigenvalue weighted by molar-refractivity contribution is 7.80. The molecule has 0 spiro atoms. The maximum absolute atomic E-state index is 14.8. The Balaban J connectivity index is 1.70.